The van der Waals surface area contributed by atoms with Crippen LogP contribution in [0.1, 0.15) is 0 Å². The van der Waals surface area contributed by atoms with E-state index in [9.17, 15) is 0 Å². The summed E-state index contributed by atoms with van der Waals surface area (Å²) in [5.41, 5.74) is 8.38. The van der Waals surface area contributed by atoms with Gasteiger partial charge in [0.2, 0.25) is 5.95 Å². The smallest absolute Gasteiger partial charge is 0.235 e. The lowest BCUT2D eigenvalue weighted by atomic mass is 9.91. The number of fused-ring (bicyclic) bond motifs is 5. The maximum atomic E-state index is 5.22. The first-order valence-electron chi connectivity index (χ1n) is 12.4. The SMILES string of the molecule is c1ccc(-c2ccc3c(c2)-c2nc4ccccc4c4cccc(c24)N3c2ncc3ccccc3n2)cc1. The van der Waals surface area contributed by atoms with Gasteiger partial charge in [-0.1, -0.05) is 84.9 Å². The first-order chi connectivity index (χ1) is 18.3. The van der Waals surface area contributed by atoms with Crippen LogP contribution in [0.2, 0.25) is 0 Å². The van der Waals surface area contributed by atoms with E-state index < -0.39 is 0 Å². The molecule has 1 aliphatic heterocycles. The molecule has 37 heavy (non-hydrogen) atoms. The predicted octanol–water partition coefficient (Wildman–Crippen LogP) is 8.45. The fraction of sp³-hybridized carbons (Fsp3) is 0. The summed E-state index contributed by atoms with van der Waals surface area (Å²) < 4.78 is 0. The Bertz CT molecular complexity index is 2000. The lowest BCUT2D eigenvalue weighted by Gasteiger charge is -2.32. The van der Waals surface area contributed by atoms with E-state index in [-0.39, 0.29) is 0 Å². The molecule has 2 aromatic heterocycles. The molecule has 172 valence electrons. The van der Waals surface area contributed by atoms with Crippen molar-refractivity contribution < 1.29 is 0 Å². The van der Waals surface area contributed by atoms with Gasteiger partial charge in [-0.25, -0.2) is 15.0 Å². The first-order valence-corrected chi connectivity index (χ1v) is 12.4. The number of anilines is 3. The molecule has 0 N–H and O–H groups in total. The van der Waals surface area contributed by atoms with Gasteiger partial charge in [0.25, 0.3) is 0 Å². The molecule has 0 saturated carbocycles. The van der Waals surface area contributed by atoms with Crippen LogP contribution < -0.4 is 4.90 Å². The molecular formula is C33H20N4. The van der Waals surface area contributed by atoms with Gasteiger partial charge in [-0.2, -0.15) is 0 Å². The zero-order valence-electron chi connectivity index (χ0n) is 19.8. The standard InChI is InChI=1S/C33H20N4/c1-2-9-21(10-3-1)22-17-18-29-26(19-22)32-31-25(24-12-5-7-15-28(24)35-32)13-8-16-30(31)37(29)33-34-20-23-11-4-6-14-27(23)36-33/h1-20H. The number of hydrogen-bond donors (Lipinski definition) is 0. The van der Waals surface area contributed by atoms with E-state index in [2.05, 4.69) is 89.8 Å². The Morgan fingerprint density at radius 2 is 1.32 bits per heavy atom. The van der Waals surface area contributed by atoms with Crippen LogP contribution in [0.15, 0.2) is 121 Å². The van der Waals surface area contributed by atoms with E-state index >= 15 is 0 Å². The minimum Gasteiger partial charge on any atom is -0.278 e. The molecular weight excluding hydrogens is 452 g/mol. The van der Waals surface area contributed by atoms with Crippen molar-refractivity contribution in [1.82, 2.24) is 15.0 Å². The van der Waals surface area contributed by atoms with Crippen molar-refractivity contribution in [2.75, 3.05) is 4.90 Å². The van der Waals surface area contributed by atoms with E-state index in [0.29, 0.717) is 5.95 Å². The van der Waals surface area contributed by atoms with Gasteiger partial charge in [0.15, 0.2) is 0 Å². The number of rotatable bonds is 2. The number of benzene rings is 5. The van der Waals surface area contributed by atoms with Gasteiger partial charge in [0.05, 0.1) is 28.1 Å². The maximum Gasteiger partial charge on any atom is 0.235 e. The highest BCUT2D eigenvalue weighted by atomic mass is 15.3. The molecule has 0 aliphatic carbocycles. The second-order valence-corrected chi connectivity index (χ2v) is 9.34. The summed E-state index contributed by atoms with van der Waals surface area (Å²) in [6.45, 7) is 0. The average Bonchev–Trinajstić information content (AvgIpc) is 2.97. The van der Waals surface area contributed by atoms with Crippen LogP contribution in [0.4, 0.5) is 17.3 Å². The average molecular weight is 473 g/mol. The molecule has 0 spiro atoms. The molecule has 7 aromatic rings. The maximum absolute atomic E-state index is 5.22. The minimum absolute atomic E-state index is 0.652. The van der Waals surface area contributed by atoms with Gasteiger partial charge >= 0.3 is 0 Å². The van der Waals surface area contributed by atoms with Gasteiger partial charge in [0, 0.05) is 27.9 Å². The molecule has 4 nitrogen and oxygen atoms in total. The molecule has 5 aromatic carbocycles. The molecule has 0 unspecified atom stereocenters. The van der Waals surface area contributed by atoms with Gasteiger partial charge in [-0.15, -0.1) is 0 Å². The van der Waals surface area contributed by atoms with Gasteiger partial charge < -0.3 is 0 Å². The number of aromatic nitrogens is 3. The number of nitrogens with zero attached hydrogens (tertiary/aromatic N) is 4. The molecule has 0 amide bonds. The largest absolute Gasteiger partial charge is 0.278 e. The van der Waals surface area contributed by atoms with Crippen molar-refractivity contribution in [2.24, 2.45) is 0 Å². The number of para-hydroxylation sites is 2. The third kappa shape index (κ3) is 2.99. The van der Waals surface area contributed by atoms with Gasteiger partial charge in [-0.3, -0.25) is 4.90 Å². The summed E-state index contributed by atoms with van der Waals surface area (Å²) in [6, 6.07) is 40.0. The Kier molecular flexibility index (Phi) is 4.19. The summed E-state index contributed by atoms with van der Waals surface area (Å²) in [7, 11) is 0. The van der Waals surface area contributed by atoms with Crippen molar-refractivity contribution in [2.45, 2.75) is 0 Å². The van der Waals surface area contributed by atoms with Crippen LogP contribution in [-0.4, -0.2) is 15.0 Å². The van der Waals surface area contributed by atoms with Crippen molar-refractivity contribution in [3.05, 3.63) is 121 Å². The lowest BCUT2D eigenvalue weighted by molar-refractivity contribution is 1.11. The van der Waals surface area contributed by atoms with Crippen molar-refractivity contribution in [1.29, 1.82) is 0 Å². The van der Waals surface area contributed by atoms with Crippen LogP contribution in [0.5, 0.6) is 0 Å². The van der Waals surface area contributed by atoms with Crippen LogP contribution in [0.25, 0.3) is 55.0 Å². The summed E-state index contributed by atoms with van der Waals surface area (Å²) in [5, 5.41) is 4.47. The fourth-order valence-electron chi connectivity index (χ4n) is 5.52. The molecule has 0 fully saturated rings. The Balaban J connectivity index is 1.49. The fourth-order valence-corrected chi connectivity index (χ4v) is 5.52. The minimum atomic E-state index is 0.652. The van der Waals surface area contributed by atoms with Crippen molar-refractivity contribution >= 4 is 49.9 Å². The molecule has 4 heteroatoms. The second-order valence-electron chi connectivity index (χ2n) is 9.34. The van der Waals surface area contributed by atoms with Gasteiger partial charge in [0.1, 0.15) is 0 Å². The van der Waals surface area contributed by atoms with Gasteiger partial charge in [-0.05, 0) is 46.8 Å². The summed E-state index contributed by atoms with van der Waals surface area (Å²) in [4.78, 5) is 17.2. The topological polar surface area (TPSA) is 41.9 Å². The van der Waals surface area contributed by atoms with Crippen LogP contribution >= 0.6 is 0 Å². The molecule has 0 bridgehead atoms. The first kappa shape index (κ1) is 20.1. The van der Waals surface area contributed by atoms with Crippen molar-refractivity contribution in [3.63, 3.8) is 0 Å². The summed E-state index contributed by atoms with van der Waals surface area (Å²) in [5.74, 6) is 0.652. The quantitative estimate of drug-likeness (QED) is 0.237. The molecule has 3 heterocycles. The van der Waals surface area contributed by atoms with Crippen LogP contribution in [0.3, 0.4) is 0 Å². The van der Waals surface area contributed by atoms with Crippen LogP contribution in [-0.2, 0) is 0 Å². The highest BCUT2D eigenvalue weighted by Crippen LogP contribution is 2.51. The molecule has 1 aliphatic rings. The zero-order chi connectivity index (χ0) is 24.3. The lowest BCUT2D eigenvalue weighted by Crippen LogP contribution is -2.18. The molecule has 0 atom stereocenters. The predicted molar refractivity (Wildman–Crippen MR) is 151 cm³/mol. The van der Waals surface area contributed by atoms with Crippen molar-refractivity contribution in [3.8, 4) is 22.4 Å². The zero-order valence-corrected chi connectivity index (χ0v) is 19.8. The van der Waals surface area contributed by atoms with E-state index in [1.807, 2.05) is 36.5 Å². The van der Waals surface area contributed by atoms with Crippen LogP contribution in [0, 0.1) is 0 Å². The highest BCUT2D eigenvalue weighted by molar-refractivity contribution is 6.20. The molecule has 0 radical (unpaired) electrons. The van der Waals surface area contributed by atoms with E-state index in [1.54, 1.807) is 0 Å². The highest BCUT2D eigenvalue weighted by Gasteiger charge is 2.29. The Morgan fingerprint density at radius 3 is 2.24 bits per heavy atom. The third-order valence-electron chi connectivity index (χ3n) is 7.22. The molecule has 0 saturated heterocycles. The third-order valence-corrected chi connectivity index (χ3v) is 7.22. The number of pyridine rings is 1. The molecule has 8 rings (SSSR count). The second kappa shape index (κ2) is 7.70. The van der Waals surface area contributed by atoms with E-state index in [0.717, 1.165) is 55.4 Å². The monoisotopic (exact) mass is 472 g/mol. The Hall–Kier alpha value is -5.09. The summed E-state index contributed by atoms with van der Waals surface area (Å²) >= 11 is 0. The summed E-state index contributed by atoms with van der Waals surface area (Å²) in [6.07, 6.45) is 1.91. The van der Waals surface area contributed by atoms with E-state index in [4.69, 9.17) is 15.0 Å². The normalized spacial score (nSPS) is 12.3. The number of hydrogen-bond acceptors (Lipinski definition) is 4. The Labute approximate surface area is 213 Å². The van der Waals surface area contributed by atoms with E-state index in [1.165, 1.54) is 10.9 Å². The Morgan fingerprint density at radius 1 is 0.541 bits per heavy atom.